The van der Waals surface area contributed by atoms with Crippen molar-refractivity contribution < 1.29 is 0 Å². The lowest BCUT2D eigenvalue weighted by molar-refractivity contribution is 0.552. The summed E-state index contributed by atoms with van der Waals surface area (Å²) in [5.74, 6) is 0.933. The average Bonchev–Trinajstić information content (AvgIpc) is 2.63. The van der Waals surface area contributed by atoms with Crippen LogP contribution in [-0.2, 0) is 6.54 Å². The van der Waals surface area contributed by atoms with Crippen LogP contribution < -0.4 is 10.6 Å². The molecule has 1 aromatic heterocycles. The summed E-state index contributed by atoms with van der Waals surface area (Å²) in [6.45, 7) is 3.79. The van der Waals surface area contributed by atoms with Crippen LogP contribution in [0.2, 0.25) is 5.02 Å². The summed E-state index contributed by atoms with van der Waals surface area (Å²) in [4.78, 5) is 6.91. The van der Waals surface area contributed by atoms with Crippen molar-refractivity contribution in [2.45, 2.75) is 51.6 Å². The van der Waals surface area contributed by atoms with Crippen LogP contribution in [0, 0.1) is 0 Å². The fourth-order valence-corrected chi connectivity index (χ4v) is 2.97. The molecule has 18 heavy (non-hydrogen) atoms. The molecular formula is C14H22ClN3. The summed E-state index contributed by atoms with van der Waals surface area (Å²) in [5, 5.41) is 0.735. The Morgan fingerprint density at radius 2 is 2.28 bits per heavy atom. The molecule has 0 aromatic carbocycles. The first-order valence-corrected chi connectivity index (χ1v) is 7.25. The highest BCUT2D eigenvalue weighted by Gasteiger charge is 2.22. The predicted molar refractivity (Wildman–Crippen MR) is 77.0 cm³/mol. The van der Waals surface area contributed by atoms with E-state index in [9.17, 15) is 0 Å². The summed E-state index contributed by atoms with van der Waals surface area (Å²) in [6.07, 6.45) is 8.09. The van der Waals surface area contributed by atoms with Gasteiger partial charge in [0.05, 0.1) is 5.02 Å². The van der Waals surface area contributed by atoms with Gasteiger partial charge in [-0.2, -0.15) is 0 Å². The van der Waals surface area contributed by atoms with Crippen LogP contribution in [0.25, 0.3) is 0 Å². The smallest absolute Gasteiger partial charge is 0.147 e. The van der Waals surface area contributed by atoms with Crippen molar-refractivity contribution >= 4 is 17.4 Å². The topological polar surface area (TPSA) is 42.2 Å². The molecule has 1 aliphatic heterocycles. The Hall–Kier alpha value is -0.800. The molecule has 0 bridgehead atoms. The monoisotopic (exact) mass is 267 g/mol. The number of hydrogen-bond acceptors (Lipinski definition) is 3. The molecule has 100 valence electrons. The zero-order valence-electron chi connectivity index (χ0n) is 11.0. The van der Waals surface area contributed by atoms with E-state index in [0.29, 0.717) is 12.6 Å². The number of halogens is 1. The van der Waals surface area contributed by atoms with Crippen molar-refractivity contribution in [1.82, 2.24) is 4.98 Å². The molecule has 1 fully saturated rings. The lowest BCUT2D eigenvalue weighted by Gasteiger charge is -2.31. The number of anilines is 1. The van der Waals surface area contributed by atoms with Crippen molar-refractivity contribution in [3.63, 3.8) is 0 Å². The second-order valence-electron chi connectivity index (χ2n) is 4.96. The maximum Gasteiger partial charge on any atom is 0.147 e. The molecule has 3 nitrogen and oxygen atoms in total. The first kappa shape index (κ1) is 13.6. The summed E-state index contributed by atoms with van der Waals surface area (Å²) in [7, 11) is 0. The Balaban J connectivity index is 2.27. The molecule has 1 unspecified atom stereocenters. The summed E-state index contributed by atoms with van der Waals surface area (Å²) < 4.78 is 0. The van der Waals surface area contributed by atoms with Gasteiger partial charge in [-0.3, -0.25) is 0 Å². The van der Waals surface area contributed by atoms with Crippen molar-refractivity contribution in [2.24, 2.45) is 5.73 Å². The largest absolute Gasteiger partial charge is 0.352 e. The van der Waals surface area contributed by atoms with Crippen LogP contribution in [0.1, 0.15) is 44.6 Å². The third-order valence-electron chi connectivity index (χ3n) is 3.73. The SMILES string of the molecule is CCC1CCCCCN1c1ncc(CN)cc1Cl. The quantitative estimate of drug-likeness (QED) is 0.913. The van der Waals surface area contributed by atoms with Crippen molar-refractivity contribution in [3.05, 3.63) is 22.8 Å². The van der Waals surface area contributed by atoms with Gasteiger partial charge in [-0.05, 0) is 30.9 Å². The van der Waals surface area contributed by atoms with E-state index in [1.54, 1.807) is 0 Å². The molecule has 2 N–H and O–H groups in total. The van der Waals surface area contributed by atoms with Crippen molar-refractivity contribution in [2.75, 3.05) is 11.4 Å². The van der Waals surface area contributed by atoms with E-state index >= 15 is 0 Å². The highest BCUT2D eigenvalue weighted by Crippen LogP contribution is 2.30. The van der Waals surface area contributed by atoms with E-state index in [-0.39, 0.29) is 0 Å². The highest BCUT2D eigenvalue weighted by molar-refractivity contribution is 6.33. The molecule has 0 aliphatic carbocycles. The second-order valence-corrected chi connectivity index (χ2v) is 5.37. The van der Waals surface area contributed by atoms with E-state index in [0.717, 1.165) is 29.4 Å². The average molecular weight is 268 g/mol. The minimum absolute atomic E-state index is 0.490. The number of rotatable bonds is 3. The number of nitrogens with two attached hydrogens (primary N) is 1. The Labute approximate surface area is 114 Å². The van der Waals surface area contributed by atoms with E-state index in [2.05, 4.69) is 16.8 Å². The first-order valence-electron chi connectivity index (χ1n) is 6.87. The summed E-state index contributed by atoms with van der Waals surface area (Å²) in [6, 6.07) is 2.52. The molecule has 4 heteroatoms. The van der Waals surface area contributed by atoms with Gasteiger partial charge in [0.25, 0.3) is 0 Å². The van der Waals surface area contributed by atoms with Crippen LogP contribution in [0.4, 0.5) is 5.82 Å². The fourth-order valence-electron chi connectivity index (χ4n) is 2.67. The predicted octanol–water partition coefficient (Wildman–Crippen LogP) is 3.35. The molecule has 1 atom stereocenters. The fraction of sp³-hybridized carbons (Fsp3) is 0.643. The molecule has 2 heterocycles. The lowest BCUT2D eigenvalue weighted by atomic mass is 10.1. The molecule has 0 radical (unpaired) electrons. The number of pyridine rings is 1. The molecule has 1 aliphatic rings. The Morgan fingerprint density at radius 1 is 1.44 bits per heavy atom. The van der Waals surface area contributed by atoms with Crippen LogP contribution in [0.3, 0.4) is 0 Å². The third kappa shape index (κ3) is 2.96. The van der Waals surface area contributed by atoms with Gasteiger partial charge in [-0.25, -0.2) is 4.98 Å². The van der Waals surface area contributed by atoms with E-state index in [4.69, 9.17) is 17.3 Å². The van der Waals surface area contributed by atoms with Gasteiger partial charge in [0.15, 0.2) is 0 Å². The standard InChI is InChI=1S/C14H22ClN3/c1-2-12-6-4-3-5-7-18(12)14-13(15)8-11(9-16)10-17-14/h8,10,12H,2-7,9,16H2,1H3. The molecule has 0 amide bonds. The zero-order valence-corrected chi connectivity index (χ0v) is 11.8. The van der Waals surface area contributed by atoms with Gasteiger partial charge in [0.1, 0.15) is 5.82 Å². The number of hydrogen-bond donors (Lipinski definition) is 1. The van der Waals surface area contributed by atoms with Crippen LogP contribution in [0.5, 0.6) is 0 Å². The molecule has 0 spiro atoms. The molecule has 0 saturated carbocycles. The van der Waals surface area contributed by atoms with Gasteiger partial charge in [-0.15, -0.1) is 0 Å². The van der Waals surface area contributed by atoms with Crippen molar-refractivity contribution in [1.29, 1.82) is 0 Å². The van der Waals surface area contributed by atoms with Gasteiger partial charge in [0.2, 0.25) is 0 Å². The van der Waals surface area contributed by atoms with E-state index in [1.165, 1.54) is 25.7 Å². The normalized spacial score (nSPS) is 20.8. The van der Waals surface area contributed by atoms with Crippen LogP contribution >= 0.6 is 11.6 Å². The molecule has 1 aromatic rings. The van der Waals surface area contributed by atoms with E-state index in [1.807, 2.05) is 12.3 Å². The molecular weight excluding hydrogens is 246 g/mol. The summed E-state index contributed by atoms with van der Waals surface area (Å²) in [5.41, 5.74) is 6.61. The minimum Gasteiger partial charge on any atom is -0.352 e. The maximum absolute atomic E-state index is 6.36. The van der Waals surface area contributed by atoms with Gasteiger partial charge >= 0.3 is 0 Å². The zero-order chi connectivity index (χ0) is 13.0. The van der Waals surface area contributed by atoms with Gasteiger partial charge in [-0.1, -0.05) is 31.4 Å². The third-order valence-corrected chi connectivity index (χ3v) is 4.01. The Morgan fingerprint density at radius 3 is 2.94 bits per heavy atom. The van der Waals surface area contributed by atoms with E-state index < -0.39 is 0 Å². The van der Waals surface area contributed by atoms with Crippen molar-refractivity contribution in [3.8, 4) is 0 Å². The van der Waals surface area contributed by atoms with Crippen LogP contribution in [0.15, 0.2) is 12.3 Å². The van der Waals surface area contributed by atoms with Crippen LogP contribution in [-0.4, -0.2) is 17.6 Å². The Bertz CT molecular complexity index is 395. The molecule has 1 saturated heterocycles. The first-order chi connectivity index (χ1) is 8.76. The summed E-state index contributed by atoms with van der Waals surface area (Å²) >= 11 is 6.36. The second kappa shape index (κ2) is 6.39. The minimum atomic E-state index is 0.490. The van der Waals surface area contributed by atoms with Gasteiger partial charge in [0, 0.05) is 25.3 Å². The molecule has 2 rings (SSSR count). The Kier molecular flexibility index (Phi) is 4.84. The maximum atomic E-state index is 6.36. The number of nitrogens with zero attached hydrogens (tertiary/aromatic N) is 2. The number of aromatic nitrogens is 1. The lowest BCUT2D eigenvalue weighted by Crippen LogP contribution is -2.35. The highest BCUT2D eigenvalue weighted by atomic mass is 35.5. The van der Waals surface area contributed by atoms with Gasteiger partial charge < -0.3 is 10.6 Å².